The molecule has 146 valence electrons. The lowest BCUT2D eigenvalue weighted by atomic mass is 10.0. The zero-order valence-corrected chi connectivity index (χ0v) is 15.5. The topological polar surface area (TPSA) is 87.9 Å². The predicted molar refractivity (Wildman–Crippen MR) is 94.6 cm³/mol. The van der Waals surface area contributed by atoms with E-state index in [1.54, 1.807) is 10.9 Å². The molecule has 27 heavy (non-hydrogen) atoms. The highest BCUT2D eigenvalue weighted by Crippen LogP contribution is 2.35. The highest BCUT2D eigenvalue weighted by Gasteiger charge is 2.49. The van der Waals surface area contributed by atoms with E-state index >= 15 is 0 Å². The number of aromatic nitrogens is 3. The maximum absolute atomic E-state index is 9.28. The highest BCUT2D eigenvalue weighted by molar-refractivity contribution is 5.13. The van der Waals surface area contributed by atoms with Gasteiger partial charge < -0.3 is 24.1 Å². The van der Waals surface area contributed by atoms with E-state index in [9.17, 15) is 5.11 Å². The molecule has 0 bridgehead atoms. The smallest absolute Gasteiger partial charge is 0.163 e. The molecule has 1 N–H and O–H groups in total. The maximum atomic E-state index is 9.28. The first-order chi connectivity index (χ1) is 13.1. The summed E-state index contributed by atoms with van der Waals surface area (Å²) in [5.74, 6) is -0.632. The molecule has 0 radical (unpaired) electrons. The van der Waals surface area contributed by atoms with Crippen molar-refractivity contribution in [2.45, 2.75) is 57.2 Å². The number of ether oxygens (including phenoxy) is 4. The number of aliphatic hydroxyl groups excluding tert-OH is 1. The van der Waals surface area contributed by atoms with Crippen LogP contribution in [0.3, 0.4) is 0 Å². The van der Waals surface area contributed by atoms with Gasteiger partial charge in [0.05, 0.1) is 32.6 Å². The van der Waals surface area contributed by atoms with Crippen LogP contribution < -0.4 is 0 Å². The van der Waals surface area contributed by atoms with Crippen LogP contribution in [0.2, 0.25) is 0 Å². The fourth-order valence-corrected chi connectivity index (χ4v) is 3.56. The third-order valence-corrected chi connectivity index (χ3v) is 4.90. The number of hydrogen-bond donors (Lipinski definition) is 1. The Hall–Kier alpha value is -1.84. The minimum atomic E-state index is -0.632. The molecule has 2 fully saturated rings. The molecule has 2 saturated heterocycles. The number of aliphatic hydroxyl groups is 1. The molecular formula is C19H25N3O5. The Kier molecular flexibility index (Phi) is 5.25. The normalized spacial score (nSPS) is 30.0. The van der Waals surface area contributed by atoms with Gasteiger partial charge in [-0.15, -0.1) is 5.10 Å². The maximum Gasteiger partial charge on any atom is 0.163 e. The van der Waals surface area contributed by atoms with E-state index in [-0.39, 0.29) is 31.0 Å². The van der Waals surface area contributed by atoms with Crippen molar-refractivity contribution in [2.75, 3.05) is 13.2 Å². The van der Waals surface area contributed by atoms with Gasteiger partial charge in [-0.3, -0.25) is 0 Å². The minimum Gasteiger partial charge on any atom is -0.390 e. The van der Waals surface area contributed by atoms with Gasteiger partial charge in [0.1, 0.15) is 30.0 Å². The fourth-order valence-electron chi connectivity index (χ4n) is 3.56. The third kappa shape index (κ3) is 4.04. The Morgan fingerprint density at radius 1 is 1.26 bits per heavy atom. The Morgan fingerprint density at radius 2 is 2.07 bits per heavy atom. The van der Waals surface area contributed by atoms with E-state index in [0.717, 1.165) is 5.56 Å². The van der Waals surface area contributed by atoms with Gasteiger partial charge in [-0.1, -0.05) is 35.5 Å². The summed E-state index contributed by atoms with van der Waals surface area (Å²) in [4.78, 5) is 0. The zero-order valence-electron chi connectivity index (χ0n) is 15.5. The number of hydrogen-bond acceptors (Lipinski definition) is 7. The highest BCUT2D eigenvalue weighted by atomic mass is 16.8. The van der Waals surface area contributed by atoms with Gasteiger partial charge >= 0.3 is 0 Å². The predicted octanol–water partition coefficient (Wildman–Crippen LogP) is 1.45. The molecule has 0 aliphatic carbocycles. The van der Waals surface area contributed by atoms with Gasteiger partial charge in [0.25, 0.3) is 0 Å². The summed E-state index contributed by atoms with van der Waals surface area (Å²) >= 11 is 0. The van der Waals surface area contributed by atoms with Gasteiger partial charge in [-0.2, -0.15) is 0 Å². The molecule has 4 atom stereocenters. The van der Waals surface area contributed by atoms with Crippen molar-refractivity contribution in [1.82, 2.24) is 15.0 Å². The summed E-state index contributed by atoms with van der Waals surface area (Å²) in [6, 6.07) is 9.85. The van der Waals surface area contributed by atoms with E-state index in [2.05, 4.69) is 10.3 Å². The van der Waals surface area contributed by atoms with Crippen molar-refractivity contribution in [3.63, 3.8) is 0 Å². The summed E-state index contributed by atoms with van der Waals surface area (Å²) in [5.41, 5.74) is 1.60. The molecule has 8 nitrogen and oxygen atoms in total. The Morgan fingerprint density at radius 3 is 2.74 bits per heavy atom. The van der Waals surface area contributed by atoms with Crippen LogP contribution in [-0.2, 0) is 32.2 Å². The lowest BCUT2D eigenvalue weighted by Gasteiger charge is -2.27. The molecule has 3 heterocycles. The van der Waals surface area contributed by atoms with Crippen LogP contribution in [0.4, 0.5) is 0 Å². The third-order valence-electron chi connectivity index (χ3n) is 4.90. The molecular weight excluding hydrogens is 350 g/mol. The second-order valence-electron chi connectivity index (χ2n) is 7.34. The van der Waals surface area contributed by atoms with Gasteiger partial charge in [-0.25, -0.2) is 4.68 Å². The van der Waals surface area contributed by atoms with Crippen LogP contribution in [0.5, 0.6) is 0 Å². The van der Waals surface area contributed by atoms with Crippen molar-refractivity contribution >= 4 is 0 Å². The molecule has 0 saturated carbocycles. The summed E-state index contributed by atoms with van der Waals surface area (Å²) in [6.07, 6.45) is 0.959. The van der Waals surface area contributed by atoms with Crippen molar-refractivity contribution < 1.29 is 24.1 Å². The first-order valence-electron chi connectivity index (χ1n) is 9.16. The van der Waals surface area contributed by atoms with Crippen LogP contribution in [0.15, 0.2) is 36.5 Å². The summed E-state index contributed by atoms with van der Waals surface area (Å²) < 4.78 is 25.8. The van der Waals surface area contributed by atoms with E-state index in [1.807, 2.05) is 44.2 Å². The molecule has 8 heteroatoms. The molecule has 4 rings (SSSR count). The van der Waals surface area contributed by atoms with Gasteiger partial charge in [0.2, 0.25) is 0 Å². The molecule has 1 aromatic carbocycles. The Labute approximate surface area is 158 Å². The molecule has 2 aliphatic heterocycles. The first-order valence-corrected chi connectivity index (χ1v) is 9.16. The molecule has 0 unspecified atom stereocenters. The average Bonchev–Trinajstić information content (AvgIpc) is 3.38. The Balaban J connectivity index is 1.53. The molecule has 1 aromatic heterocycles. The van der Waals surface area contributed by atoms with Crippen LogP contribution in [0, 0.1) is 0 Å². The summed E-state index contributed by atoms with van der Waals surface area (Å²) in [6.45, 7) is 4.97. The average molecular weight is 375 g/mol. The molecule has 0 spiro atoms. The van der Waals surface area contributed by atoms with Gasteiger partial charge in [0.15, 0.2) is 5.79 Å². The minimum absolute atomic E-state index is 0.152. The number of rotatable bonds is 6. The lowest BCUT2D eigenvalue weighted by Crippen LogP contribution is -2.41. The number of benzene rings is 1. The van der Waals surface area contributed by atoms with E-state index in [0.29, 0.717) is 25.5 Å². The van der Waals surface area contributed by atoms with Crippen molar-refractivity contribution in [3.05, 3.63) is 47.8 Å². The van der Waals surface area contributed by atoms with E-state index < -0.39 is 5.79 Å². The first kappa shape index (κ1) is 18.5. The van der Waals surface area contributed by atoms with Crippen molar-refractivity contribution in [3.8, 4) is 0 Å². The van der Waals surface area contributed by atoms with Crippen LogP contribution in [0.1, 0.15) is 31.1 Å². The van der Waals surface area contributed by atoms with E-state index in [4.69, 9.17) is 18.9 Å². The molecule has 2 aromatic rings. The molecule has 2 aliphatic rings. The van der Waals surface area contributed by atoms with Crippen molar-refractivity contribution in [1.29, 1.82) is 0 Å². The van der Waals surface area contributed by atoms with Crippen LogP contribution >= 0.6 is 0 Å². The Bertz CT molecular complexity index is 751. The summed E-state index contributed by atoms with van der Waals surface area (Å²) in [7, 11) is 0. The fraction of sp³-hybridized carbons (Fsp3) is 0.579. The van der Waals surface area contributed by atoms with E-state index in [1.165, 1.54) is 0 Å². The SMILES string of the molecule is CC1(C)OC[C@@H]([C@@H]2OC[C@H](n3cc(CO)nn3)[C@@H]2OCc2ccccc2)O1. The monoisotopic (exact) mass is 375 g/mol. The molecule has 0 amide bonds. The quantitative estimate of drug-likeness (QED) is 0.817. The second-order valence-corrected chi connectivity index (χ2v) is 7.34. The lowest BCUT2D eigenvalue weighted by molar-refractivity contribution is -0.162. The second kappa shape index (κ2) is 7.65. The van der Waals surface area contributed by atoms with Crippen LogP contribution in [-0.4, -0.2) is 57.4 Å². The standard InChI is InChI=1S/C19H25N3O5/c1-19(2)26-12-16(27-19)18-17(24-10-13-6-4-3-5-7-13)15(11-25-18)22-8-14(9-23)20-21-22/h3-8,15-18,23H,9-12H2,1-2H3/t15-,16-,17-,18-/m0/s1. The van der Waals surface area contributed by atoms with Crippen LogP contribution in [0.25, 0.3) is 0 Å². The van der Waals surface area contributed by atoms with Gasteiger partial charge in [0, 0.05) is 0 Å². The summed E-state index contributed by atoms with van der Waals surface area (Å²) in [5, 5.41) is 17.4. The number of nitrogens with zero attached hydrogens (tertiary/aromatic N) is 3. The largest absolute Gasteiger partial charge is 0.390 e. The zero-order chi connectivity index (χ0) is 18.9. The van der Waals surface area contributed by atoms with Crippen molar-refractivity contribution in [2.24, 2.45) is 0 Å². The van der Waals surface area contributed by atoms with Gasteiger partial charge in [-0.05, 0) is 19.4 Å².